The molecule has 0 bridgehead atoms. The number of carbonyl (C=O) groups is 2. The number of nitrogens with zero attached hydrogens (tertiary/aromatic N) is 4. The van der Waals surface area contributed by atoms with Crippen LogP contribution < -0.4 is 0 Å². The number of morpholine rings is 1. The van der Waals surface area contributed by atoms with Crippen molar-refractivity contribution in [2.75, 3.05) is 39.4 Å². The molecule has 1 aromatic rings. The Kier molecular flexibility index (Phi) is 6.73. The van der Waals surface area contributed by atoms with Gasteiger partial charge in [-0.2, -0.15) is 0 Å². The highest BCUT2D eigenvalue weighted by Crippen LogP contribution is 2.25. The van der Waals surface area contributed by atoms with Gasteiger partial charge in [-0.1, -0.05) is 6.92 Å². The fraction of sp³-hybridized carbons (Fsp3) is 0.684. The summed E-state index contributed by atoms with van der Waals surface area (Å²) in [4.78, 5) is 37.1. The number of aromatic nitrogens is 2. The summed E-state index contributed by atoms with van der Waals surface area (Å²) in [5.41, 5.74) is 0.943. The van der Waals surface area contributed by atoms with E-state index < -0.39 is 11.9 Å². The normalized spacial score (nSPS) is 24.0. The molecule has 148 valence electrons. The first kappa shape index (κ1) is 19.7. The largest absolute Gasteiger partial charge is 0.481 e. The van der Waals surface area contributed by atoms with E-state index in [4.69, 9.17) is 4.74 Å². The number of ether oxygens (including phenoxy) is 1. The summed E-state index contributed by atoms with van der Waals surface area (Å²) in [6, 6.07) is 0. The van der Waals surface area contributed by atoms with Gasteiger partial charge in [-0.25, -0.2) is 9.97 Å². The van der Waals surface area contributed by atoms with Gasteiger partial charge in [0.25, 0.3) is 0 Å². The number of piperidine rings is 1. The molecule has 0 unspecified atom stereocenters. The summed E-state index contributed by atoms with van der Waals surface area (Å²) in [6.45, 7) is 5.92. The fourth-order valence-corrected chi connectivity index (χ4v) is 3.79. The molecule has 0 saturated carbocycles. The van der Waals surface area contributed by atoms with Crippen molar-refractivity contribution < 1.29 is 19.4 Å². The number of carboxylic acid groups (broad SMARTS) is 1. The lowest BCUT2D eigenvalue weighted by Gasteiger charge is -2.38. The maximum absolute atomic E-state index is 12.9. The molecular formula is C19H28N4O4. The van der Waals surface area contributed by atoms with E-state index >= 15 is 0 Å². The number of hydrogen-bond acceptors (Lipinski definition) is 6. The molecule has 1 N–H and O–H groups in total. The van der Waals surface area contributed by atoms with Crippen LogP contribution in [-0.2, 0) is 27.3 Å². The van der Waals surface area contributed by atoms with Gasteiger partial charge in [-0.3, -0.25) is 14.5 Å². The Labute approximate surface area is 159 Å². The van der Waals surface area contributed by atoms with Gasteiger partial charge in [-0.15, -0.1) is 0 Å². The molecule has 0 aliphatic carbocycles. The van der Waals surface area contributed by atoms with Gasteiger partial charge in [0.15, 0.2) is 0 Å². The zero-order valence-corrected chi connectivity index (χ0v) is 15.8. The molecule has 2 saturated heterocycles. The molecule has 1 aromatic heterocycles. The van der Waals surface area contributed by atoms with Crippen LogP contribution in [0.1, 0.15) is 31.2 Å². The van der Waals surface area contributed by atoms with Crippen LogP contribution in [-0.4, -0.2) is 76.1 Å². The van der Waals surface area contributed by atoms with Crippen molar-refractivity contribution in [3.8, 4) is 0 Å². The quantitative estimate of drug-likeness (QED) is 0.785. The lowest BCUT2D eigenvalue weighted by Crippen LogP contribution is -2.51. The topological polar surface area (TPSA) is 95.9 Å². The molecule has 3 rings (SSSR count). The van der Waals surface area contributed by atoms with E-state index in [2.05, 4.69) is 16.9 Å². The second-order valence-electron chi connectivity index (χ2n) is 7.36. The van der Waals surface area contributed by atoms with Crippen LogP contribution in [0.5, 0.6) is 0 Å². The SMILES string of the molecule is CCCc1ncc(CN2C[C@H](C(=O)O)C[C@@H](C(=O)N3CCOCC3)C2)cn1. The van der Waals surface area contributed by atoms with Crippen molar-refractivity contribution in [2.45, 2.75) is 32.7 Å². The van der Waals surface area contributed by atoms with Gasteiger partial charge in [-0.05, 0) is 12.8 Å². The highest BCUT2D eigenvalue weighted by Gasteiger charge is 2.37. The standard InChI is InChI=1S/C19H28N4O4/c1-2-3-17-20-9-14(10-21-17)11-22-12-15(8-16(13-22)19(25)26)18(24)23-4-6-27-7-5-23/h9-10,15-16H,2-8,11-13H2,1H3,(H,25,26)/t15-,16-/m1/s1. The monoisotopic (exact) mass is 376 g/mol. The number of aliphatic carboxylic acids is 1. The Morgan fingerprint density at radius 2 is 1.85 bits per heavy atom. The lowest BCUT2D eigenvalue weighted by molar-refractivity contribution is -0.149. The molecule has 0 radical (unpaired) electrons. The van der Waals surface area contributed by atoms with Crippen LogP contribution in [0.3, 0.4) is 0 Å². The van der Waals surface area contributed by atoms with Crippen LogP contribution in [0, 0.1) is 11.8 Å². The third kappa shape index (κ3) is 5.23. The van der Waals surface area contributed by atoms with E-state index in [0.29, 0.717) is 52.4 Å². The molecule has 2 aliphatic rings. The van der Waals surface area contributed by atoms with Crippen molar-refractivity contribution in [1.29, 1.82) is 0 Å². The molecule has 2 fully saturated rings. The molecule has 8 heteroatoms. The number of rotatable bonds is 6. The summed E-state index contributed by atoms with van der Waals surface area (Å²) >= 11 is 0. The van der Waals surface area contributed by atoms with Crippen molar-refractivity contribution in [1.82, 2.24) is 19.8 Å². The Hall–Kier alpha value is -2.06. The van der Waals surface area contributed by atoms with E-state index in [1.807, 2.05) is 4.90 Å². The molecule has 27 heavy (non-hydrogen) atoms. The highest BCUT2D eigenvalue weighted by atomic mass is 16.5. The number of likely N-dealkylation sites (tertiary alicyclic amines) is 1. The number of aryl methyl sites for hydroxylation is 1. The molecule has 0 aromatic carbocycles. The minimum Gasteiger partial charge on any atom is -0.481 e. The third-order valence-electron chi connectivity index (χ3n) is 5.19. The second-order valence-corrected chi connectivity index (χ2v) is 7.36. The molecular weight excluding hydrogens is 348 g/mol. The summed E-state index contributed by atoms with van der Waals surface area (Å²) in [7, 11) is 0. The highest BCUT2D eigenvalue weighted by molar-refractivity contribution is 5.80. The van der Waals surface area contributed by atoms with Gasteiger partial charge in [0.2, 0.25) is 5.91 Å². The van der Waals surface area contributed by atoms with E-state index in [-0.39, 0.29) is 11.8 Å². The van der Waals surface area contributed by atoms with Crippen molar-refractivity contribution in [3.63, 3.8) is 0 Å². The molecule has 2 aliphatic heterocycles. The summed E-state index contributed by atoms with van der Waals surface area (Å²) < 4.78 is 5.31. The average molecular weight is 376 g/mol. The van der Waals surface area contributed by atoms with Crippen LogP contribution in [0.25, 0.3) is 0 Å². The summed E-state index contributed by atoms with van der Waals surface area (Å²) in [6.07, 6.45) is 5.86. The first-order valence-electron chi connectivity index (χ1n) is 9.68. The fourth-order valence-electron chi connectivity index (χ4n) is 3.79. The number of carboxylic acids is 1. The van der Waals surface area contributed by atoms with Gasteiger partial charge in [0.1, 0.15) is 5.82 Å². The van der Waals surface area contributed by atoms with Gasteiger partial charge >= 0.3 is 5.97 Å². The third-order valence-corrected chi connectivity index (χ3v) is 5.19. The molecule has 3 heterocycles. The lowest BCUT2D eigenvalue weighted by atomic mass is 9.88. The first-order valence-corrected chi connectivity index (χ1v) is 9.68. The Morgan fingerprint density at radius 1 is 1.19 bits per heavy atom. The molecule has 2 atom stereocenters. The van der Waals surface area contributed by atoms with E-state index in [1.165, 1.54) is 0 Å². The van der Waals surface area contributed by atoms with Crippen molar-refractivity contribution >= 4 is 11.9 Å². The first-order chi connectivity index (χ1) is 13.1. The van der Waals surface area contributed by atoms with Crippen molar-refractivity contribution in [2.24, 2.45) is 11.8 Å². The van der Waals surface area contributed by atoms with Crippen LogP contribution in [0.15, 0.2) is 12.4 Å². The number of amides is 1. The van der Waals surface area contributed by atoms with Crippen LogP contribution >= 0.6 is 0 Å². The Morgan fingerprint density at radius 3 is 2.48 bits per heavy atom. The second kappa shape index (κ2) is 9.23. The molecule has 1 amide bonds. The minimum absolute atomic E-state index is 0.0452. The Balaban J connectivity index is 1.66. The van der Waals surface area contributed by atoms with Crippen molar-refractivity contribution in [3.05, 3.63) is 23.8 Å². The number of carbonyl (C=O) groups excluding carboxylic acids is 1. The van der Waals surface area contributed by atoms with E-state index in [1.54, 1.807) is 17.3 Å². The van der Waals surface area contributed by atoms with E-state index in [9.17, 15) is 14.7 Å². The number of hydrogen-bond donors (Lipinski definition) is 1. The zero-order chi connectivity index (χ0) is 19.2. The van der Waals surface area contributed by atoms with Crippen LogP contribution in [0.2, 0.25) is 0 Å². The summed E-state index contributed by atoms with van der Waals surface area (Å²) in [5, 5.41) is 9.53. The van der Waals surface area contributed by atoms with Gasteiger partial charge in [0, 0.05) is 57.1 Å². The predicted octanol–water partition coefficient (Wildman–Crippen LogP) is 0.811. The van der Waals surface area contributed by atoms with Gasteiger partial charge in [0.05, 0.1) is 25.0 Å². The van der Waals surface area contributed by atoms with Gasteiger partial charge < -0.3 is 14.7 Å². The minimum atomic E-state index is -0.839. The maximum Gasteiger partial charge on any atom is 0.307 e. The van der Waals surface area contributed by atoms with E-state index in [0.717, 1.165) is 24.2 Å². The molecule has 8 nitrogen and oxygen atoms in total. The maximum atomic E-state index is 12.9. The smallest absolute Gasteiger partial charge is 0.307 e. The zero-order valence-electron chi connectivity index (χ0n) is 15.8. The molecule has 0 spiro atoms. The van der Waals surface area contributed by atoms with Crippen LogP contribution in [0.4, 0.5) is 0 Å². The summed E-state index contributed by atoms with van der Waals surface area (Å²) in [5.74, 6) is -0.797. The predicted molar refractivity (Wildman–Crippen MR) is 97.9 cm³/mol. The average Bonchev–Trinajstić information content (AvgIpc) is 2.69. The Bertz CT molecular complexity index is 646.